The monoisotopic (exact) mass is 288 g/mol. The first kappa shape index (κ1) is 16.8. The van der Waals surface area contributed by atoms with Crippen LogP contribution in [0.15, 0.2) is 47.7 Å². The van der Waals surface area contributed by atoms with Crippen molar-refractivity contribution < 1.29 is 9.53 Å². The summed E-state index contributed by atoms with van der Waals surface area (Å²) in [4.78, 5) is 11.9. The molecule has 114 valence electrons. The minimum Gasteiger partial charge on any atom is -0.501 e. The topological polar surface area (TPSA) is 64.4 Å². The summed E-state index contributed by atoms with van der Waals surface area (Å²) in [5.41, 5.74) is 8.06. The van der Waals surface area contributed by atoms with Crippen LogP contribution in [0.25, 0.3) is 0 Å². The van der Waals surface area contributed by atoms with Gasteiger partial charge >= 0.3 is 0 Å². The van der Waals surface area contributed by atoms with Crippen LogP contribution in [-0.4, -0.2) is 19.6 Å². The van der Waals surface area contributed by atoms with Crippen LogP contribution >= 0.6 is 0 Å². The van der Waals surface area contributed by atoms with Crippen molar-refractivity contribution in [2.24, 2.45) is 0 Å². The van der Waals surface area contributed by atoms with Gasteiger partial charge in [0.05, 0.1) is 12.9 Å². The lowest BCUT2D eigenvalue weighted by Gasteiger charge is -2.06. The van der Waals surface area contributed by atoms with Crippen molar-refractivity contribution in [1.82, 2.24) is 5.32 Å². The molecule has 0 radical (unpaired) electrons. The number of carbonyl (C=O) groups excluding carboxylic acids is 1. The Hall–Kier alpha value is -2.23. The fraction of sp³-hybridized carbons (Fsp3) is 0.353. The Bertz CT molecular complexity index is 510. The number of nitrogen functional groups attached to an aromatic ring is 1. The first-order chi connectivity index (χ1) is 10.1. The summed E-state index contributed by atoms with van der Waals surface area (Å²) < 4.78 is 5.20. The zero-order valence-corrected chi connectivity index (χ0v) is 13.0. The van der Waals surface area contributed by atoms with Crippen LogP contribution in [0.2, 0.25) is 0 Å². The van der Waals surface area contributed by atoms with E-state index in [1.807, 2.05) is 26.0 Å². The first-order valence-electron chi connectivity index (χ1n) is 7.10. The molecule has 0 fully saturated rings. The molecule has 0 aromatic heterocycles. The number of amides is 1. The number of hydrogen-bond acceptors (Lipinski definition) is 3. The molecule has 0 saturated carbocycles. The van der Waals surface area contributed by atoms with Gasteiger partial charge in [-0.05, 0) is 43.7 Å². The van der Waals surface area contributed by atoms with Crippen molar-refractivity contribution in [3.05, 3.63) is 53.3 Å². The normalized spacial score (nSPS) is 12.1. The fourth-order valence-electron chi connectivity index (χ4n) is 1.76. The number of allylic oxidation sites excluding steroid dienone is 3. The van der Waals surface area contributed by atoms with Gasteiger partial charge in [-0.1, -0.05) is 18.6 Å². The first-order valence-corrected chi connectivity index (χ1v) is 7.10. The second-order valence-electron chi connectivity index (χ2n) is 4.83. The molecule has 1 rings (SSSR count). The van der Waals surface area contributed by atoms with Crippen molar-refractivity contribution in [1.29, 1.82) is 0 Å². The van der Waals surface area contributed by atoms with Gasteiger partial charge < -0.3 is 15.8 Å². The van der Waals surface area contributed by atoms with Gasteiger partial charge in [0, 0.05) is 24.2 Å². The highest BCUT2D eigenvalue weighted by Crippen LogP contribution is 2.07. The number of anilines is 1. The average Bonchev–Trinajstić information content (AvgIpc) is 2.49. The minimum atomic E-state index is -0.0792. The Balaban J connectivity index is 2.42. The predicted octanol–water partition coefficient (Wildman–Crippen LogP) is 3.28. The molecular weight excluding hydrogens is 264 g/mol. The lowest BCUT2D eigenvalue weighted by Crippen LogP contribution is -2.24. The van der Waals surface area contributed by atoms with Crippen LogP contribution in [0, 0.1) is 0 Å². The van der Waals surface area contributed by atoms with Gasteiger partial charge in [-0.2, -0.15) is 0 Å². The minimum absolute atomic E-state index is 0.0792. The number of ether oxygens (including phenoxy) is 1. The third-order valence-corrected chi connectivity index (χ3v) is 3.14. The van der Waals surface area contributed by atoms with E-state index in [0.717, 1.165) is 18.6 Å². The second kappa shape index (κ2) is 8.84. The van der Waals surface area contributed by atoms with Crippen LogP contribution in [0.5, 0.6) is 0 Å². The van der Waals surface area contributed by atoms with Crippen LogP contribution in [0.1, 0.15) is 37.0 Å². The third-order valence-electron chi connectivity index (χ3n) is 3.14. The van der Waals surface area contributed by atoms with E-state index >= 15 is 0 Å². The molecule has 1 aromatic rings. The Kier molecular flexibility index (Phi) is 7.09. The summed E-state index contributed by atoms with van der Waals surface area (Å²) in [5.74, 6) is 0.866. The van der Waals surface area contributed by atoms with Gasteiger partial charge in [0.2, 0.25) is 0 Å². The summed E-state index contributed by atoms with van der Waals surface area (Å²) in [6, 6.07) is 6.90. The van der Waals surface area contributed by atoms with E-state index in [-0.39, 0.29) is 5.91 Å². The molecule has 4 nitrogen and oxygen atoms in total. The standard InChI is InChI=1S/C17H24N2O2/c1-4-16(21-3)10-5-13(2)11-12-19-17(20)14-6-8-15(18)9-7-14/h5-10H,4,11-12,18H2,1-3H3,(H,19,20)/b13-5+,16-10+. The molecule has 0 aliphatic carbocycles. The summed E-state index contributed by atoms with van der Waals surface area (Å²) >= 11 is 0. The molecule has 0 bridgehead atoms. The van der Waals surface area contributed by atoms with E-state index in [1.165, 1.54) is 5.57 Å². The molecule has 0 spiro atoms. The maximum atomic E-state index is 11.9. The number of benzene rings is 1. The summed E-state index contributed by atoms with van der Waals surface area (Å²) in [6.45, 7) is 4.69. The number of carbonyl (C=O) groups is 1. The molecule has 0 aliphatic rings. The van der Waals surface area contributed by atoms with E-state index in [1.54, 1.807) is 31.4 Å². The lowest BCUT2D eigenvalue weighted by molar-refractivity contribution is 0.0954. The molecule has 21 heavy (non-hydrogen) atoms. The SMILES string of the molecule is CC/C(=C\C=C(/C)CCNC(=O)c1ccc(N)cc1)OC. The van der Waals surface area contributed by atoms with E-state index < -0.39 is 0 Å². The van der Waals surface area contributed by atoms with Gasteiger partial charge in [0.15, 0.2) is 0 Å². The molecule has 4 heteroatoms. The van der Waals surface area contributed by atoms with Gasteiger partial charge in [0.25, 0.3) is 5.91 Å². The smallest absolute Gasteiger partial charge is 0.251 e. The van der Waals surface area contributed by atoms with Gasteiger partial charge in [0.1, 0.15) is 0 Å². The van der Waals surface area contributed by atoms with Crippen molar-refractivity contribution >= 4 is 11.6 Å². The van der Waals surface area contributed by atoms with Gasteiger partial charge in [-0.25, -0.2) is 0 Å². The van der Waals surface area contributed by atoms with Crippen molar-refractivity contribution in [3.63, 3.8) is 0 Å². The maximum Gasteiger partial charge on any atom is 0.251 e. The molecule has 0 unspecified atom stereocenters. The van der Waals surface area contributed by atoms with E-state index in [2.05, 4.69) is 5.32 Å². The third kappa shape index (κ3) is 6.17. The molecule has 0 atom stereocenters. The Morgan fingerprint density at radius 3 is 2.52 bits per heavy atom. The van der Waals surface area contributed by atoms with Crippen LogP contribution in [-0.2, 0) is 4.74 Å². The summed E-state index contributed by atoms with van der Waals surface area (Å²) in [7, 11) is 1.67. The number of nitrogens with one attached hydrogen (secondary N) is 1. The highest BCUT2D eigenvalue weighted by molar-refractivity contribution is 5.94. The predicted molar refractivity (Wildman–Crippen MR) is 86.9 cm³/mol. The zero-order valence-electron chi connectivity index (χ0n) is 13.0. The number of methoxy groups -OCH3 is 1. The van der Waals surface area contributed by atoms with Crippen molar-refractivity contribution in [2.75, 3.05) is 19.4 Å². The summed E-state index contributed by atoms with van der Waals surface area (Å²) in [6.07, 6.45) is 5.67. The molecule has 1 aromatic carbocycles. The number of rotatable bonds is 7. The molecule has 1 amide bonds. The van der Waals surface area contributed by atoms with Gasteiger partial charge in [-0.3, -0.25) is 4.79 Å². The van der Waals surface area contributed by atoms with E-state index in [0.29, 0.717) is 17.8 Å². The van der Waals surface area contributed by atoms with Crippen molar-refractivity contribution in [3.8, 4) is 0 Å². The molecule has 0 saturated heterocycles. The lowest BCUT2D eigenvalue weighted by atomic mass is 10.1. The quantitative estimate of drug-likeness (QED) is 0.460. The van der Waals surface area contributed by atoms with Gasteiger partial charge in [-0.15, -0.1) is 0 Å². The fourth-order valence-corrected chi connectivity index (χ4v) is 1.76. The Labute approximate surface area is 126 Å². The molecule has 3 N–H and O–H groups in total. The highest BCUT2D eigenvalue weighted by Gasteiger charge is 2.03. The molecule has 0 heterocycles. The van der Waals surface area contributed by atoms with E-state index in [4.69, 9.17) is 10.5 Å². The molecule has 0 aliphatic heterocycles. The average molecular weight is 288 g/mol. The van der Waals surface area contributed by atoms with Crippen LogP contribution < -0.4 is 11.1 Å². The number of hydrogen-bond donors (Lipinski definition) is 2. The van der Waals surface area contributed by atoms with Crippen molar-refractivity contribution in [2.45, 2.75) is 26.7 Å². The Morgan fingerprint density at radius 1 is 1.29 bits per heavy atom. The van der Waals surface area contributed by atoms with Crippen LogP contribution in [0.4, 0.5) is 5.69 Å². The second-order valence-corrected chi connectivity index (χ2v) is 4.83. The largest absolute Gasteiger partial charge is 0.501 e. The maximum absolute atomic E-state index is 11.9. The van der Waals surface area contributed by atoms with E-state index in [9.17, 15) is 4.79 Å². The summed E-state index contributed by atoms with van der Waals surface area (Å²) in [5, 5.41) is 2.89. The van der Waals surface area contributed by atoms with Crippen LogP contribution in [0.3, 0.4) is 0 Å². The molecular formula is C17H24N2O2. The zero-order chi connectivity index (χ0) is 15.7. The Morgan fingerprint density at radius 2 is 1.95 bits per heavy atom. The number of nitrogens with two attached hydrogens (primary N) is 1. The highest BCUT2D eigenvalue weighted by atomic mass is 16.5.